The van der Waals surface area contributed by atoms with Crippen LogP contribution in [0, 0.1) is 5.82 Å². The Hall–Kier alpha value is -3.34. The summed E-state index contributed by atoms with van der Waals surface area (Å²) in [6.07, 6.45) is 0.428. The van der Waals surface area contributed by atoms with Gasteiger partial charge in [0, 0.05) is 18.8 Å². The number of para-hydroxylation sites is 2. The second-order valence-corrected chi connectivity index (χ2v) is 10.3. The van der Waals surface area contributed by atoms with E-state index in [0.717, 1.165) is 15.8 Å². The van der Waals surface area contributed by atoms with Gasteiger partial charge >= 0.3 is 6.03 Å². The number of hydrogen-bond acceptors (Lipinski definition) is 5. The zero-order valence-electron chi connectivity index (χ0n) is 17.3. The Balaban J connectivity index is 1.37. The number of benzene rings is 3. The fourth-order valence-electron chi connectivity index (χ4n) is 3.95. The van der Waals surface area contributed by atoms with Gasteiger partial charge in [-0.05, 0) is 47.9 Å². The molecule has 0 bridgehead atoms. The molecule has 10 heteroatoms. The second-order valence-electron chi connectivity index (χ2n) is 7.55. The number of carbonyl (C=O) groups is 1. The molecule has 1 aliphatic heterocycles. The first kappa shape index (κ1) is 21.5. The SMILES string of the molecule is O=C(Nc1ccccc1F)Nc1cccc2c1CCN(S(=O)(=O)c1cccc3scnc13)C2. The van der Waals surface area contributed by atoms with E-state index in [0.29, 0.717) is 17.6 Å². The van der Waals surface area contributed by atoms with Crippen LogP contribution >= 0.6 is 11.3 Å². The normalized spacial score (nSPS) is 14.1. The number of nitrogens with one attached hydrogen (secondary N) is 2. The van der Waals surface area contributed by atoms with Crippen LogP contribution in [0.2, 0.25) is 0 Å². The topological polar surface area (TPSA) is 91.4 Å². The van der Waals surface area contributed by atoms with Gasteiger partial charge in [0.25, 0.3) is 0 Å². The number of rotatable bonds is 4. The van der Waals surface area contributed by atoms with Gasteiger partial charge in [-0.3, -0.25) is 0 Å². The fourth-order valence-corrected chi connectivity index (χ4v) is 6.30. The molecule has 33 heavy (non-hydrogen) atoms. The predicted molar refractivity (Wildman–Crippen MR) is 126 cm³/mol. The summed E-state index contributed by atoms with van der Waals surface area (Å²) in [4.78, 5) is 16.9. The third kappa shape index (κ3) is 4.08. The molecule has 1 aliphatic rings. The highest BCUT2D eigenvalue weighted by molar-refractivity contribution is 7.89. The van der Waals surface area contributed by atoms with Crippen LogP contribution in [0.4, 0.5) is 20.6 Å². The van der Waals surface area contributed by atoms with E-state index in [1.807, 2.05) is 12.1 Å². The summed E-state index contributed by atoms with van der Waals surface area (Å²) in [6.45, 7) is 0.451. The number of urea groups is 1. The summed E-state index contributed by atoms with van der Waals surface area (Å²) in [5, 5.41) is 5.26. The molecule has 0 atom stereocenters. The number of nitrogens with zero attached hydrogens (tertiary/aromatic N) is 2. The molecule has 0 saturated heterocycles. The Bertz CT molecular complexity index is 1470. The highest BCUT2D eigenvalue weighted by atomic mass is 32.2. The van der Waals surface area contributed by atoms with E-state index < -0.39 is 21.9 Å². The lowest BCUT2D eigenvalue weighted by atomic mass is 9.99. The Morgan fingerprint density at radius 2 is 1.76 bits per heavy atom. The molecule has 0 unspecified atom stereocenters. The van der Waals surface area contributed by atoms with Crippen molar-refractivity contribution in [3.8, 4) is 0 Å². The molecule has 2 amide bonds. The standard InChI is InChI=1S/C23H19FN4O3S2/c24-17-6-1-2-7-19(17)27-23(29)26-18-8-3-5-15-13-28(12-11-16(15)18)33(30,31)21-10-4-9-20-22(21)25-14-32-20/h1-10,14H,11-13H2,(H2,26,27,29). The quantitative estimate of drug-likeness (QED) is 0.436. The van der Waals surface area contributed by atoms with Crippen LogP contribution in [0.15, 0.2) is 71.1 Å². The zero-order chi connectivity index (χ0) is 23.0. The van der Waals surface area contributed by atoms with Gasteiger partial charge in [-0.15, -0.1) is 11.3 Å². The predicted octanol–water partition coefficient (Wildman–Crippen LogP) is 4.83. The smallest absolute Gasteiger partial charge is 0.307 e. The molecule has 5 rings (SSSR count). The van der Waals surface area contributed by atoms with Gasteiger partial charge in [-0.25, -0.2) is 22.6 Å². The largest absolute Gasteiger partial charge is 0.323 e. The highest BCUT2D eigenvalue weighted by Gasteiger charge is 2.31. The van der Waals surface area contributed by atoms with Crippen molar-refractivity contribution in [3.05, 3.63) is 83.1 Å². The van der Waals surface area contributed by atoms with E-state index in [1.165, 1.54) is 27.8 Å². The van der Waals surface area contributed by atoms with Gasteiger partial charge in [0.15, 0.2) is 0 Å². The summed E-state index contributed by atoms with van der Waals surface area (Å²) < 4.78 is 42.8. The molecule has 7 nitrogen and oxygen atoms in total. The number of fused-ring (bicyclic) bond motifs is 2. The third-order valence-electron chi connectivity index (χ3n) is 5.54. The Labute approximate surface area is 193 Å². The van der Waals surface area contributed by atoms with Crippen LogP contribution in [-0.4, -0.2) is 30.3 Å². The number of anilines is 2. The number of hydrogen-bond donors (Lipinski definition) is 2. The van der Waals surface area contributed by atoms with Crippen molar-refractivity contribution in [2.75, 3.05) is 17.2 Å². The molecule has 2 heterocycles. The third-order valence-corrected chi connectivity index (χ3v) is 8.21. The van der Waals surface area contributed by atoms with E-state index in [-0.39, 0.29) is 23.7 Å². The van der Waals surface area contributed by atoms with E-state index in [1.54, 1.807) is 41.9 Å². The molecule has 0 saturated carbocycles. The Morgan fingerprint density at radius 1 is 1.00 bits per heavy atom. The average molecular weight is 483 g/mol. The molecular weight excluding hydrogens is 463 g/mol. The Morgan fingerprint density at radius 3 is 2.61 bits per heavy atom. The van der Waals surface area contributed by atoms with Crippen LogP contribution in [0.1, 0.15) is 11.1 Å². The maximum Gasteiger partial charge on any atom is 0.323 e. The average Bonchev–Trinajstić information content (AvgIpc) is 3.29. The number of amides is 2. The lowest BCUT2D eigenvalue weighted by molar-refractivity contribution is 0.262. The lowest BCUT2D eigenvalue weighted by Gasteiger charge is -2.29. The van der Waals surface area contributed by atoms with Crippen molar-refractivity contribution in [2.45, 2.75) is 17.9 Å². The van der Waals surface area contributed by atoms with Crippen LogP contribution in [0.5, 0.6) is 0 Å². The molecule has 0 aliphatic carbocycles. The number of sulfonamides is 1. The molecule has 0 spiro atoms. The first-order valence-electron chi connectivity index (χ1n) is 10.2. The van der Waals surface area contributed by atoms with Crippen molar-refractivity contribution in [1.82, 2.24) is 9.29 Å². The first-order valence-corrected chi connectivity index (χ1v) is 12.5. The molecule has 168 valence electrons. The van der Waals surface area contributed by atoms with Gasteiger partial charge in [-0.2, -0.15) is 4.31 Å². The van der Waals surface area contributed by atoms with E-state index in [2.05, 4.69) is 15.6 Å². The van der Waals surface area contributed by atoms with Gasteiger partial charge in [0.2, 0.25) is 10.0 Å². The minimum Gasteiger partial charge on any atom is -0.307 e. The fraction of sp³-hybridized carbons (Fsp3) is 0.130. The zero-order valence-corrected chi connectivity index (χ0v) is 18.9. The molecule has 2 N–H and O–H groups in total. The molecule has 1 aromatic heterocycles. The first-order chi connectivity index (χ1) is 15.9. The summed E-state index contributed by atoms with van der Waals surface area (Å²) in [5.41, 5.74) is 4.43. The van der Waals surface area contributed by atoms with E-state index in [9.17, 15) is 17.6 Å². The number of carbonyl (C=O) groups excluding carboxylic acids is 1. The van der Waals surface area contributed by atoms with Crippen molar-refractivity contribution in [1.29, 1.82) is 0 Å². The van der Waals surface area contributed by atoms with Gasteiger partial charge < -0.3 is 10.6 Å². The molecular formula is C23H19FN4O3S2. The van der Waals surface area contributed by atoms with Gasteiger partial charge in [0.05, 0.1) is 15.9 Å². The van der Waals surface area contributed by atoms with Gasteiger partial charge in [-0.1, -0.05) is 30.3 Å². The van der Waals surface area contributed by atoms with E-state index >= 15 is 0 Å². The maximum absolute atomic E-state index is 13.8. The lowest BCUT2D eigenvalue weighted by Crippen LogP contribution is -2.36. The van der Waals surface area contributed by atoms with Crippen LogP contribution in [0.25, 0.3) is 10.2 Å². The molecule has 0 radical (unpaired) electrons. The summed E-state index contributed by atoms with van der Waals surface area (Å²) in [6, 6.07) is 15.8. The second kappa shape index (κ2) is 8.54. The van der Waals surface area contributed by atoms with Crippen LogP contribution in [0.3, 0.4) is 0 Å². The Kier molecular flexibility index (Phi) is 5.57. The van der Waals surface area contributed by atoms with Crippen molar-refractivity contribution in [3.63, 3.8) is 0 Å². The van der Waals surface area contributed by atoms with Crippen LogP contribution < -0.4 is 10.6 Å². The van der Waals surface area contributed by atoms with Crippen molar-refractivity contribution in [2.24, 2.45) is 0 Å². The van der Waals surface area contributed by atoms with Crippen molar-refractivity contribution < 1.29 is 17.6 Å². The number of aromatic nitrogens is 1. The van der Waals surface area contributed by atoms with E-state index in [4.69, 9.17) is 0 Å². The summed E-state index contributed by atoms with van der Waals surface area (Å²) in [7, 11) is -3.75. The molecule has 0 fully saturated rings. The monoisotopic (exact) mass is 482 g/mol. The van der Waals surface area contributed by atoms with Crippen LogP contribution in [-0.2, 0) is 23.0 Å². The maximum atomic E-state index is 13.8. The number of thiazole rings is 1. The highest BCUT2D eigenvalue weighted by Crippen LogP contribution is 2.32. The van der Waals surface area contributed by atoms with Gasteiger partial charge in [0.1, 0.15) is 16.2 Å². The summed E-state index contributed by atoms with van der Waals surface area (Å²) >= 11 is 1.40. The van der Waals surface area contributed by atoms with Crippen molar-refractivity contribution >= 4 is 49.0 Å². The molecule has 4 aromatic rings. The minimum atomic E-state index is -3.75. The minimum absolute atomic E-state index is 0.0771. The molecule has 3 aromatic carbocycles. The summed E-state index contributed by atoms with van der Waals surface area (Å²) in [5.74, 6) is -0.529. The number of halogens is 1.